The maximum absolute atomic E-state index is 11.0. The van der Waals surface area contributed by atoms with Crippen molar-refractivity contribution in [2.45, 2.75) is 51.6 Å². The number of nitro benzene ring substituents is 1. The quantitative estimate of drug-likeness (QED) is 0.648. The van der Waals surface area contributed by atoms with Crippen LogP contribution in [0, 0.1) is 16.0 Å². The second kappa shape index (κ2) is 6.15. The lowest BCUT2D eigenvalue weighted by atomic mass is 9.97. The third-order valence-corrected chi connectivity index (χ3v) is 4.22. The molecule has 1 aromatic rings. The smallest absolute Gasteiger partial charge is 0.274 e. The predicted molar refractivity (Wildman–Crippen MR) is 76.1 cm³/mol. The van der Waals surface area contributed by atoms with Gasteiger partial charge in [0, 0.05) is 23.7 Å². The SMILES string of the molecule is CC(N[C@@H](C)C1CCCC1)c1ccccc1[N+](=O)[O-]. The summed E-state index contributed by atoms with van der Waals surface area (Å²) in [7, 11) is 0. The zero-order chi connectivity index (χ0) is 13.8. The maximum atomic E-state index is 11.0. The third kappa shape index (κ3) is 3.32. The molecule has 1 unspecified atom stereocenters. The first-order valence-electron chi connectivity index (χ1n) is 7.09. The van der Waals surface area contributed by atoms with Crippen molar-refractivity contribution in [1.82, 2.24) is 5.32 Å². The van der Waals surface area contributed by atoms with E-state index in [9.17, 15) is 10.1 Å². The summed E-state index contributed by atoms with van der Waals surface area (Å²) in [5.41, 5.74) is 0.985. The molecule has 0 amide bonds. The van der Waals surface area contributed by atoms with Crippen LogP contribution in [0.25, 0.3) is 0 Å². The Morgan fingerprint density at radius 2 is 1.89 bits per heavy atom. The average molecular weight is 262 g/mol. The third-order valence-electron chi connectivity index (χ3n) is 4.22. The standard InChI is InChI=1S/C15H22N2O2/c1-11(13-7-3-4-8-13)16-12(2)14-9-5-6-10-15(14)17(18)19/h5-6,9-13,16H,3-4,7-8H2,1-2H3/t11-,12?/m0/s1. The molecular weight excluding hydrogens is 240 g/mol. The first-order valence-corrected chi connectivity index (χ1v) is 7.09. The van der Waals surface area contributed by atoms with Gasteiger partial charge in [-0.05, 0) is 32.6 Å². The Morgan fingerprint density at radius 3 is 2.53 bits per heavy atom. The maximum Gasteiger partial charge on any atom is 0.274 e. The number of nitrogens with one attached hydrogen (secondary N) is 1. The van der Waals surface area contributed by atoms with Gasteiger partial charge in [0.15, 0.2) is 0 Å². The zero-order valence-electron chi connectivity index (χ0n) is 11.6. The van der Waals surface area contributed by atoms with Gasteiger partial charge < -0.3 is 5.32 Å². The van der Waals surface area contributed by atoms with E-state index in [0.717, 1.165) is 5.56 Å². The summed E-state index contributed by atoms with van der Waals surface area (Å²) in [6, 6.07) is 7.43. The fraction of sp³-hybridized carbons (Fsp3) is 0.600. The van der Waals surface area contributed by atoms with Gasteiger partial charge in [-0.25, -0.2) is 0 Å². The van der Waals surface area contributed by atoms with Gasteiger partial charge in [0.2, 0.25) is 0 Å². The summed E-state index contributed by atoms with van der Waals surface area (Å²) in [6.45, 7) is 4.20. The van der Waals surface area contributed by atoms with E-state index in [1.54, 1.807) is 12.1 Å². The molecule has 2 rings (SSSR count). The molecular formula is C15H22N2O2. The van der Waals surface area contributed by atoms with Crippen molar-refractivity contribution in [2.24, 2.45) is 5.92 Å². The molecule has 0 heterocycles. The number of para-hydroxylation sites is 1. The number of hydrogen-bond donors (Lipinski definition) is 1. The highest BCUT2D eigenvalue weighted by molar-refractivity contribution is 5.41. The van der Waals surface area contributed by atoms with Gasteiger partial charge >= 0.3 is 0 Å². The van der Waals surface area contributed by atoms with Gasteiger partial charge in [-0.3, -0.25) is 10.1 Å². The number of nitro groups is 1. The summed E-state index contributed by atoms with van der Waals surface area (Å²) < 4.78 is 0. The highest BCUT2D eigenvalue weighted by Gasteiger charge is 2.25. The Morgan fingerprint density at radius 1 is 1.26 bits per heavy atom. The van der Waals surface area contributed by atoms with Crippen LogP contribution in [-0.4, -0.2) is 11.0 Å². The van der Waals surface area contributed by atoms with Crippen LogP contribution in [0.1, 0.15) is 51.1 Å². The van der Waals surface area contributed by atoms with E-state index in [2.05, 4.69) is 12.2 Å². The predicted octanol–water partition coefficient (Wildman–Crippen LogP) is 3.82. The molecule has 0 spiro atoms. The van der Waals surface area contributed by atoms with Crippen LogP contribution in [0.3, 0.4) is 0 Å². The van der Waals surface area contributed by atoms with Crippen LogP contribution in [-0.2, 0) is 0 Å². The molecule has 4 nitrogen and oxygen atoms in total. The van der Waals surface area contributed by atoms with E-state index >= 15 is 0 Å². The molecule has 1 saturated carbocycles. The van der Waals surface area contributed by atoms with Crippen LogP contribution >= 0.6 is 0 Å². The molecule has 1 aliphatic carbocycles. The van der Waals surface area contributed by atoms with Crippen molar-refractivity contribution in [3.63, 3.8) is 0 Å². The normalized spacial score (nSPS) is 19.3. The molecule has 104 valence electrons. The Hall–Kier alpha value is -1.42. The van der Waals surface area contributed by atoms with Crippen LogP contribution < -0.4 is 5.32 Å². The van der Waals surface area contributed by atoms with Crippen molar-refractivity contribution in [2.75, 3.05) is 0 Å². The summed E-state index contributed by atoms with van der Waals surface area (Å²) in [4.78, 5) is 10.7. The fourth-order valence-electron chi connectivity index (χ4n) is 3.10. The van der Waals surface area contributed by atoms with Gasteiger partial charge in [-0.1, -0.05) is 31.0 Å². The lowest BCUT2D eigenvalue weighted by molar-refractivity contribution is -0.385. The molecule has 19 heavy (non-hydrogen) atoms. The first-order chi connectivity index (χ1) is 9.09. The Labute approximate surface area is 114 Å². The van der Waals surface area contributed by atoms with Crippen LogP contribution in [0.2, 0.25) is 0 Å². The summed E-state index contributed by atoms with van der Waals surface area (Å²) >= 11 is 0. The lowest BCUT2D eigenvalue weighted by Gasteiger charge is -2.25. The monoisotopic (exact) mass is 262 g/mol. The summed E-state index contributed by atoms with van der Waals surface area (Å²) in [5, 5.41) is 14.6. The minimum Gasteiger partial charge on any atom is -0.307 e. The van der Waals surface area contributed by atoms with E-state index in [1.807, 2.05) is 19.1 Å². The van der Waals surface area contributed by atoms with E-state index in [-0.39, 0.29) is 16.7 Å². The molecule has 0 bridgehead atoms. The van der Waals surface area contributed by atoms with Crippen LogP contribution in [0.15, 0.2) is 24.3 Å². The van der Waals surface area contributed by atoms with Crippen LogP contribution in [0.5, 0.6) is 0 Å². The van der Waals surface area contributed by atoms with E-state index < -0.39 is 0 Å². The number of nitrogens with zero attached hydrogens (tertiary/aromatic N) is 1. The van der Waals surface area contributed by atoms with Gasteiger partial charge in [0.05, 0.1) is 4.92 Å². The van der Waals surface area contributed by atoms with Gasteiger partial charge in [0.1, 0.15) is 0 Å². The summed E-state index contributed by atoms with van der Waals surface area (Å²) in [5.74, 6) is 0.713. The topological polar surface area (TPSA) is 55.2 Å². The highest BCUT2D eigenvalue weighted by atomic mass is 16.6. The molecule has 0 radical (unpaired) electrons. The second-order valence-corrected chi connectivity index (χ2v) is 5.54. The molecule has 1 aliphatic rings. The Bertz CT molecular complexity index is 442. The van der Waals surface area contributed by atoms with Crippen molar-refractivity contribution in [3.05, 3.63) is 39.9 Å². The van der Waals surface area contributed by atoms with Crippen molar-refractivity contribution in [3.8, 4) is 0 Å². The minimum atomic E-state index is -0.298. The van der Waals surface area contributed by atoms with Gasteiger partial charge in [-0.2, -0.15) is 0 Å². The fourth-order valence-corrected chi connectivity index (χ4v) is 3.10. The van der Waals surface area contributed by atoms with E-state index in [4.69, 9.17) is 0 Å². The first kappa shape index (κ1) is 14.0. The molecule has 0 aliphatic heterocycles. The molecule has 1 fully saturated rings. The number of benzene rings is 1. The van der Waals surface area contributed by atoms with Crippen molar-refractivity contribution in [1.29, 1.82) is 0 Å². The summed E-state index contributed by atoms with van der Waals surface area (Å²) in [6.07, 6.45) is 5.18. The number of hydrogen-bond acceptors (Lipinski definition) is 3. The van der Waals surface area contributed by atoms with E-state index in [0.29, 0.717) is 12.0 Å². The van der Waals surface area contributed by atoms with E-state index in [1.165, 1.54) is 25.7 Å². The number of rotatable bonds is 5. The molecule has 4 heteroatoms. The zero-order valence-corrected chi connectivity index (χ0v) is 11.6. The largest absolute Gasteiger partial charge is 0.307 e. The van der Waals surface area contributed by atoms with Gasteiger partial charge in [0.25, 0.3) is 5.69 Å². The van der Waals surface area contributed by atoms with Crippen molar-refractivity contribution < 1.29 is 4.92 Å². The molecule has 1 N–H and O–H groups in total. The second-order valence-electron chi connectivity index (χ2n) is 5.54. The molecule has 2 atom stereocenters. The molecule has 1 aromatic carbocycles. The Kier molecular flexibility index (Phi) is 4.53. The average Bonchev–Trinajstić information content (AvgIpc) is 2.92. The molecule has 0 saturated heterocycles. The van der Waals surface area contributed by atoms with Crippen LogP contribution in [0.4, 0.5) is 5.69 Å². The Balaban J connectivity index is 2.06. The highest BCUT2D eigenvalue weighted by Crippen LogP contribution is 2.30. The lowest BCUT2D eigenvalue weighted by Crippen LogP contribution is -2.34. The molecule has 0 aromatic heterocycles. The minimum absolute atomic E-state index is 0.0113. The van der Waals surface area contributed by atoms with Gasteiger partial charge in [-0.15, -0.1) is 0 Å². The van der Waals surface area contributed by atoms with Crippen molar-refractivity contribution >= 4 is 5.69 Å².